The van der Waals surface area contributed by atoms with Gasteiger partial charge in [0.1, 0.15) is 21.6 Å². The minimum Gasteiger partial charge on any atom is -0.322 e. The molecule has 0 aliphatic carbocycles. The van der Waals surface area contributed by atoms with Gasteiger partial charge in [0.05, 0.1) is 0 Å². The lowest BCUT2D eigenvalue weighted by Gasteiger charge is -2.13. The second-order valence-corrected chi connectivity index (χ2v) is 9.30. The first-order chi connectivity index (χ1) is 14.1. The van der Waals surface area contributed by atoms with Gasteiger partial charge in [0, 0.05) is 6.42 Å². The number of nitrogens with one attached hydrogen (secondary N) is 1. The van der Waals surface area contributed by atoms with Crippen LogP contribution in [0.3, 0.4) is 0 Å². The number of carbonyl (C=O) groups is 1. The molecule has 6 heteroatoms. The van der Waals surface area contributed by atoms with Gasteiger partial charge >= 0.3 is 0 Å². The molecule has 0 spiro atoms. The summed E-state index contributed by atoms with van der Waals surface area (Å²) in [4.78, 5) is 21.2. The molecule has 0 unspecified atom stereocenters. The van der Waals surface area contributed by atoms with Gasteiger partial charge in [-0.2, -0.15) is 0 Å². The number of aryl methyl sites for hydroxylation is 1. The highest BCUT2D eigenvalue weighted by molar-refractivity contribution is 7.99. The molecule has 166 valence electrons. The van der Waals surface area contributed by atoms with Crippen molar-refractivity contribution >= 4 is 35.1 Å². The van der Waals surface area contributed by atoms with Gasteiger partial charge in [-0.05, 0) is 25.9 Å². The van der Waals surface area contributed by atoms with Crippen molar-refractivity contribution in [2.45, 2.75) is 114 Å². The summed E-state index contributed by atoms with van der Waals surface area (Å²) in [5.41, 5.74) is 0.773. The van der Waals surface area contributed by atoms with E-state index in [0.717, 1.165) is 34.4 Å². The maximum absolute atomic E-state index is 12.3. The van der Waals surface area contributed by atoms with Crippen LogP contribution >= 0.6 is 23.5 Å². The Kier molecular flexibility index (Phi) is 15.4. The van der Waals surface area contributed by atoms with Gasteiger partial charge in [0.15, 0.2) is 0 Å². The number of anilines is 1. The Hall–Kier alpha value is -0.750. The van der Waals surface area contributed by atoms with Gasteiger partial charge in [0.2, 0.25) is 5.91 Å². The third-order valence-electron chi connectivity index (χ3n) is 5.11. The van der Waals surface area contributed by atoms with Crippen molar-refractivity contribution < 1.29 is 4.79 Å². The summed E-state index contributed by atoms with van der Waals surface area (Å²) in [5, 5.41) is 4.74. The SMILES string of the molecule is CCCCCCCCCCCCCCCC(=O)Nc1c(SC)nc(C)nc1SC. The normalized spacial score (nSPS) is 11.0. The van der Waals surface area contributed by atoms with E-state index in [0.29, 0.717) is 6.42 Å². The minimum absolute atomic E-state index is 0.0751. The summed E-state index contributed by atoms with van der Waals surface area (Å²) < 4.78 is 0. The maximum atomic E-state index is 12.3. The molecule has 29 heavy (non-hydrogen) atoms. The van der Waals surface area contributed by atoms with E-state index in [-0.39, 0.29) is 5.91 Å². The number of rotatable bonds is 17. The van der Waals surface area contributed by atoms with Crippen LogP contribution in [0.15, 0.2) is 10.1 Å². The van der Waals surface area contributed by atoms with Crippen LogP contribution in [0, 0.1) is 6.92 Å². The van der Waals surface area contributed by atoms with Crippen LogP contribution in [-0.4, -0.2) is 28.4 Å². The van der Waals surface area contributed by atoms with E-state index in [4.69, 9.17) is 0 Å². The zero-order chi connectivity index (χ0) is 21.3. The van der Waals surface area contributed by atoms with Gasteiger partial charge in [-0.15, -0.1) is 23.5 Å². The highest BCUT2D eigenvalue weighted by Crippen LogP contribution is 2.31. The fraction of sp³-hybridized carbons (Fsp3) is 0.783. The topological polar surface area (TPSA) is 54.9 Å². The van der Waals surface area contributed by atoms with Crippen LogP contribution in [0.2, 0.25) is 0 Å². The molecule has 0 atom stereocenters. The standard InChI is InChI=1S/C23H41N3OS2/c1-5-6-7-8-9-10-11-12-13-14-15-16-17-18-20(27)26-21-22(28-3)24-19(2)25-23(21)29-4/h5-18H2,1-4H3,(H,26,27). The van der Waals surface area contributed by atoms with Gasteiger partial charge in [-0.1, -0.05) is 84.0 Å². The minimum atomic E-state index is 0.0751. The molecule has 1 amide bonds. The summed E-state index contributed by atoms with van der Waals surface area (Å²) in [6.07, 6.45) is 21.7. The van der Waals surface area contributed by atoms with Crippen LogP contribution in [0.5, 0.6) is 0 Å². The molecule has 0 saturated heterocycles. The van der Waals surface area contributed by atoms with E-state index in [1.165, 1.54) is 70.6 Å². The second-order valence-electron chi connectivity index (χ2n) is 7.71. The average molecular weight is 440 g/mol. The van der Waals surface area contributed by atoms with E-state index in [1.807, 2.05) is 19.4 Å². The molecule has 1 N–H and O–H groups in total. The molecule has 1 aromatic heterocycles. The second kappa shape index (κ2) is 17.0. The van der Waals surface area contributed by atoms with E-state index in [9.17, 15) is 4.79 Å². The Morgan fingerprint density at radius 3 is 1.59 bits per heavy atom. The van der Waals surface area contributed by atoms with Crippen molar-refractivity contribution in [1.29, 1.82) is 0 Å². The van der Waals surface area contributed by atoms with E-state index < -0.39 is 0 Å². The Labute approximate surface area is 187 Å². The zero-order valence-corrected chi connectivity index (χ0v) is 20.7. The van der Waals surface area contributed by atoms with E-state index in [1.54, 1.807) is 23.5 Å². The summed E-state index contributed by atoms with van der Waals surface area (Å²) >= 11 is 3.10. The fourth-order valence-corrected chi connectivity index (χ4v) is 4.64. The Bertz CT molecular complexity index is 556. The smallest absolute Gasteiger partial charge is 0.224 e. The van der Waals surface area contributed by atoms with Crippen LogP contribution < -0.4 is 5.32 Å². The Morgan fingerprint density at radius 1 is 0.759 bits per heavy atom. The molecular weight excluding hydrogens is 398 g/mol. The molecule has 1 aromatic rings. The Balaban J connectivity index is 2.11. The molecule has 0 bridgehead atoms. The number of aromatic nitrogens is 2. The van der Waals surface area contributed by atoms with Gasteiger partial charge in [-0.25, -0.2) is 9.97 Å². The molecule has 1 heterocycles. The number of nitrogens with zero attached hydrogens (tertiary/aromatic N) is 2. The van der Waals surface area contributed by atoms with Crippen molar-refractivity contribution in [2.75, 3.05) is 17.8 Å². The fourth-order valence-electron chi connectivity index (χ4n) is 3.43. The monoisotopic (exact) mass is 439 g/mol. The number of unbranched alkanes of at least 4 members (excludes halogenated alkanes) is 12. The highest BCUT2D eigenvalue weighted by Gasteiger charge is 2.14. The molecule has 0 saturated carbocycles. The molecule has 0 aliphatic heterocycles. The molecule has 4 nitrogen and oxygen atoms in total. The number of hydrogen-bond acceptors (Lipinski definition) is 5. The first-order valence-corrected chi connectivity index (χ1v) is 13.8. The summed E-state index contributed by atoms with van der Waals surface area (Å²) in [6, 6.07) is 0. The first-order valence-electron chi connectivity index (χ1n) is 11.4. The van der Waals surface area contributed by atoms with Gasteiger partial charge in [-0.3, -0.25) is 4.79 Å². The van der Waals surface area contributed by atoms with Crippen molar-refractivity contribution in [1.82, 2.24) is 9.97 Å². The molecular formula is C23H41N3OS2. The molecule has 0 aromatic carbocycles. The van der Waals surface area contributed by atoms with E-state index >= 15 is 0 Å². The highest BCUT2D eigenvalue weighted by atomic mass is 32.2. The van der Waals surface area contributed by atoms with Crippen molar-refractivity contribution in [3.8, 4) is 0 Å². The van der Waals surface area contributed by atoms with Crippen molar-refractivity contribution in [2.24, 2.45) is 0 Å². The number of hydrogen-bond donors (Lipinski definition) is 1. The average Bonchev–Trinajstić information content (AvgIpc) is 2.72. The number of carbonyl (C=O) groups excluding carboxylic acids is 1. The molecule has 1 rings (SSSR count). The Morgan fingerprint density at radius 2 is 1.17 bits per heavy atom. The van der Waals surface area contributed by atoms with E-state index in [2.05, 4.69) is 22.2 Å². The largest absolute Gasteiger partial charge is 0.322 e. The lowest BCUT2D eigenvalue weighted by atomic mass is 10.0. The zero-order valence-electron chi connectivity index (χ0n) is 19.0. The van der Waals surface area contributed by atoms with Crippen molar-refractivity contribution in [3.63, 3.8) is 0 Å². The summed E-state index contributed by atoms with van der Waals surface area (Å²) in [6.45, 7) is 4.16. The number of thioether (sulfide) groups is 2. The lowest BCUT2D eigenvalue weighted by molar-refractivity contribution is -0.116. The maximum Gasteiger partial charge on any atom is 0.224 e. The molecule has 0 aliphatic rings. The summed E-state index contributed by atoms with van der Waals surface area (Å²) in [7, 11) is 0. The molecule has 0 radical (unpaired) electrons. The van der Waals surface area contributed by atoms with Gasteiger partial charge < -0.3 is 5.32 Å². The van der Waals surface area contributed by atoms with Crippen LogP contribution in [0.4, 0.5) is 5.69 Å². The van der Waals surface area contributed by atoms with Crippen molar-refractivity contribution in [3.05, 3.63) is 5.82 Å². The molecule has 0 fully saturated rings. The van der Waals surface area contributed by atoms with Crippen LogP contribution in [0.25, 0.3) is 0 Å². The third-order valence-corrected chi connectivity index (χ3v) is 6.48. The predicted molar refractivity (Wildman–Crippen MR) is 129 cm³/mol. The third kappa shape index (κ3) is 11.9. The van der Waals surface area contributed by atoms with Gasteiger partial charge in [0.25, 0.3) is 0 Å². The number of amides is 1. The first kappa shape index (κ1) is 26.3. The quantitative estimate of drug-likeness (QED) is 0.153. The summed E-state index contributed by atoms with van der Waals surface area (Å²) in [5.74, 6) is 0.819. The van der Waals surface area contributed by atoms with Crippen LogP contribution in [-0.2, 0) is 4.79 Å². The predicted octanol–water partition coefficient (Wildman–Crippen LogP) is 7.65. The van der Waals surface area contributed by atoms with Crippen LogP contribution in [0.1, 0.15) is 103 Å². The lowest BCUT2D eigenvalue weighted by Crippen LogP contribution is -2.14.